The first-order valence-corrected chi connectivity index (χ1v) is 11.6. The summed E-state index contributed by atoms with van der Waals surface area (Å²) in [5, 5.41) is 0.570. The van der Waals surface area contributed by atoms with Gasteiger partial charge in [-0.15, -0.1) is 0 Å². The van der Waals surface area contributed by atoms with Gasteiger partial charge in [0.2, 0.25) is 5.91 Å². The number of carbonyl (C=O) groups excluding carboxylic acids is 1. The second-order valence-corrected chi connectivity index (χ2v) is 9.17. The molecule has 0 unspecified atom stereocenters. The quantitative estimate of drug-likeness (QED) is 0.367. The minimum absolute atomic E-state index is 0.114. The van der Waals surface area contributed by atoms with Gasteiger partial charge in [0.15, 0.2) is 16.3 Å². The Morgan fingerprint density at radius 1 is 1.15 bits per heavy atom. The standard InChI is InChI=1S/C22H27N7O4S/c1-6-33-14-7-8-15-16(11-14)34-21(24-15)29(10-9-25(2)3)17(30)12-28-13-23-19-18(28)20(31)27(5)22(32)26(19)4/h7-8,11,13H,6,9-10,12H2,1-5H3. The predicted molar refractivity (Wildman–Crippen MR) is 132 cm³/mol. The number of nitrogens with zero attached hydrogens (tertiary/aromatic N) is 7. The summed E-state index contributed by atoms with van der Waals surface area (Å²) in [5.74, 6) is 0.517. The van der Waals surface area contributed by atoms with Crippen molar-refractivity contribution in [1.29, 1.82) is 0 Å². The average Bonchev–Trinajstić information content (AvgIpc) is 3.40. The Morgan fingerprint density at radius 3 is 2.62 bits per heavy atom. The third-order valence-corrected chi connectivity index (χ3v) is 6.53. The number of imidazole rings is 1. The van der Waals surface area contributed by atoms with Gasteiger partial charge in [-0.05, 0) is 39.2 Å². The van der Waals surface area contributed by atoms with E-state index in [0.717, 1.165) is 20.5 Å². The SMILES string of the molecule is CCOc1ccc2nc(N(CCN(C)C)C(=O)Cn3cnc4c3c(=O)n(C)c(=O)n4C)sc2c1. The van der Waals surface area contributed by atoms with E-state index < -0.39 is 11.2 Å². The van der Waals surface area contributed by atoms with Crippen LogP contribution in [0.25, 0.3) is 21.4 Å². The molecule has 3 heterocycles. The van der Waals surface area contributed by atoms with E-state index in [-0.39, 0.29) is 23.6 Å². The van der Waals surface area contributed by atoms with Crippen molar-refractivity contribution >= 4 is 43.8 Å². The molecule has 0 saturated heterocycles. The molecule has 0 fully saturated rings. The third-order valence-electron chi connectivity index (χ3n) is 5.49. The monoisotopic (exact) mass is 485 g/mol. The van der Waals surface area contributed by atoms with E-state index in [1.54, 1.807) is 11.9 Å². The molecule has 1 amide bonds. The number of aromatic nitrogens is 5. The fraction of sp³-hybridized carbons (Fsp3) is 0.409. The van der Waals surface area contributed by atoms with Crippen molar-refractivity contribution in [3.8, 4) is 5.75 Å². The summed E-state index contributed by atoms with van der Waals surface area (Å²) in [6.07, 6.45) is 1.42. The predicted octanol–water partition coefficient (Wildman–Crippen LogP) is 1.04. The minimum Gasteiger partial charge on any atom is -0.494 e. The first-order valence-electron chi connectivity index (χ1n) is 10.8. The van der Waals surface area contributed by atoms with Gasteiger partial charge in [0, 0.05) is 27.2 Å². The summed E-state index contributed by atoms with van der Waals surface area (Å²) in [7, 11) is 6.82. The number of aryl methyl sites for hydroxylation is 1. The van der Waals surface area contributed by atoms with Crippen LogP contribution in [0.3, 0.4) is 0 Å². The van der Waals surface area contributed by atoms with Crippen molar-refractivity contribution in [3.63, 3.8) is 0 Å². The number of ether oxygens (including phenoxy) is 1. The van der Waals surface area contributed by atoms with E-state index >= 15 is 0 Å². The van der Waals surface area contributed by atoms with Crippen molar-refractivity contribution in [1.82, 2.24) is 28.6 Å². The lowest BCUT2D eigenvalue weighted by atomic mass is 10.3. The number of hydrogen-bond donors (Lipinski definition) is 0. The normalized spacial score (nSPS) is 11.6. The third kappa shape index (κ3) is 4.33. The molecule has 0 aliphatic carbocycles. The summed E-state index contributed by atoms with van der Waals surface area (Å²) in [4.78, 5) is 50.9. The van der Waals surface area contributed by atoms with Gasteiger partial charge in [-0.2, -0.15) is 0 Å². The molecule has 0 spiro atoms. The Hall–Kier alpha value is -3.51. The van der Waals surface area contributed by atoms with Crippen LogP contribution >= 0.6 is 11.3 Å². The summed E-state index contributed by atoms with van der Waals surface area (Å²) in [6.45, 7) is 3.43. The number of hydrogen-bond acceptors (Lipinski definition) is 8. The Balaban J connectivity index is 1.71. The maximum absolute atomic E-state index is 13.5. The molecule has 4 rings (SSSR count). The lowest BCUT2D eigenvalue weighted by Gasteiger charge is -2.22. The zero-order valence-corrected chi connectivity index (χ0v) is 20.6. The number of thiazole rings is 1. The van der Waals surface area contributed by atoms with Crippen LogP contribution in [0.4, 0.5) is 5.13 Å². The first-order chi connectivity index (χ1) is 16.2. The van der Waals surface area contributed by atoms with E-state index in [1.165, 1.54) is 33.8 Å². The largest absolute Gasteiger partial charge is 0.494 e. The lowest BCUT2D eigenvalue weighted by molar-refractivity contribution is -0.119. The molecule has 0 radical (unpaired) electrons. The zero-order chi connectivity index (χ0) is 24.6. The highest BCUT2D eigenvalue weighted by Crippen LogP contribution is 2.31. The number of likely N-dealkylation sites (N-methyl/N-ethyl adjacent to an activating group) is 1. The van der Waals surface area contributed by atoms with Crippen LogP contribution in [0, 0.1) is 0 Å². The Kier molecular flexibility index (Phi) is 6.53. The van der Waals surface area contributed by atoms with E-state index in [2.05, 4.69) is 9.97 Å². The highest BCUT2D eigenvalue weighted by Gasteiger charge is 2.23. The molecule has 0 saturated carbocycles. The van der Waals surface area contributed by atoms with Crippen LogP contribution in [-0.2, 0) is 25.4 Å². The van der Waals surface area contributed by atoms with E-state index in [9.17, 15) is 14.4 Å². The fourth-order valence-corrected chi connectivity index (χ4v) is 4.68. The molecule has 0 aliphatic heterocycles. The maximum Gasteiger partial charge on any atom is 0.332 e. The van der Waals surface area contributed by atoms with Gasteiger partial charge < -0.3 is 14.2 Å². The van der Waals surface area contributed by atoms with E-state index in [4.69, 9.17) is 4.74 Å². The topological polar surface area (TPSA) is 107 Å². The number of anilines is 1. The number of rotatable bonds is 8. The molecule has 0 aliphatic rings. The second-order valence-electron chi connectivity index (χ2n) is 8.16. The number of carbonyl (C=O) groups is 1. The highest BCUT2D eigenvalue weighted by molar-refractivity contribution is 7.22. The van der Waals surface area contributed by atoms with Gasteiger partial charge in [-0.3, -0.25) is 23.6 Å². The number of fused-ring (bicyclic) bond motifs is 2. The van der Waals surface area contributed by atoms with Crippen molar-refractivity contribution in [2.24, 2.45) is 14.1 Å². The molecule has 180 valence electrons. The van der Waals surface area contributed by atoms with Crippen LogP contribution in [0.15, 0.2) is 34.1 Å². The molecule has 11 nitrogen and oxygen atoms in total. The van der Waals surface area contributed by atoms with Gasteiger partial charge in [-0.1, -0.05) is 11.3 Å². The molecule has 1 aromatic carbocycles. The summed E-state index contributed by atoms with van der Waals surface area (Å²) in [5.41, 5.74) is 0.262. The lowest BCUT2D eigenvalue weighted by Crippen LogP contribution is -2.40. The van der Waals surface area contributed by atoms with E-state index in [1.807, 2.05) is 44.1 Å². The van der Waals surface area contributed by atoms with Gasteiger partial charge >= 0.3 is 5.69 Å². The Labute approximate surface area is 199 Å². The van der Waals surface area contributed by atoms with Gasteiger partial charge in [0.25, 0.3) is 5.56 Å². The van der Waals surface area contributed by atoms with E-state index in [0.29, 0.717) is 24.8 Å². The molecule has 0 bridgehead atoms. The summed E-state index contributed by atoms with van der Waals surface area (Å²) in [6, 6.07) is 5.66. The van der Waals surface area contributed by atoms with Crippen LogP contribution in [0.2, 0.25) is 0 Å². The maximum atomic E-state index is 13.5. The molecular weight excluding hydrogens is 458 g/mol. The van der Waals surface area contributed by atoms with Crippen LogP contribution < -0.4 is 20.9 Å². The second kappa shape index (κ2) is 9.39. The van der Waals surface area contributed by atoms with Crippen LogP contribution in [-0.4, -0.2) is 68.3 Å². The Morgan fingerprint density at radius 2 is 1.91 bits per heavy atom. The number of benzene rings is 1. The van der Waals surface area contributed by atoms with Gasteiger partial charge in [0.05, 0.1) is 23.2 Å². The van der Waals surface area contributed by atoms with Crippen molar-refractivity contribution in [3.05, 3.63) is 45.4 Å². The van der Waals surface area contributed by atoms with Crippen LogP contribution in [0.5, 0.6) is 5.75 Å². The summed E-state index contributed by atoms with van der Waals surface area (Å²) < 4.78 is 10.3. The molecule has 12 heteroatoms. The molecule has 34 heavy (non-hydrogen) atoms. The molecule has 0 atom stereocenters. The van der Waals surface area contributed by atoms with Gasteiger partial charge in [-0.25, -0.2) is 14.8 Å². The van der Waals surface area contributed by atoms with Crippen molar-refractivity contribution in [2.45, 2.75) is 13.5 Å². The number of amides is 1. The fourth-order valence-electron chi connectivity index (χ4n) is 3.64. The van der Waals surface area contributed by atoms with Gasteiger partial charge in [0.1, 0.15) is 12.3 Å². The highest BCUT2D eigenvalue weighted by atomic mass is 32.1. The molecule has 3 aromatic heterocycles. The average molecular weight is 486 g/mol. The molecule has 0 N–H and O–H groups in total. The zero-order valence-electron chi connectivity index (χ0n) is 19.8. The van der Waals surface area contributed by atoms with Crippen molar-refractivity contribution < 1.29 is 9.53 Å². The Bertz CT molecular complexity index is 1480. The summed E-state index contributed by atoms with van der Waals surface area (Å²) >= 11 is 1.41. The smallest absolute Gasteiger partial charge is 0.332 e. The van der Waals surface area contributed by atoms with Crippen molar-refractivity contribution in [2.75, 3.05) is 38.7 Å². The first kappa shape index (κ1) is 23.6. The molecular formula is C22H27N7O4S. The molecule has 4 aromatic rings. The van der Waals surface area contributed by atoms with Crippen LogP contribution in [0.1, 0.15) is 6.92 Å². The minimum atomic E-state index is -0.494.